The molecule has 1 aliphatic carbocycles. The van der Waals surface area contributed by atoms with E-state index in [1.807, 2.05) is 0 Å². The van der Waals surface area contributed by atoms with Crippen LogP contribution in [0.1, 0.15) is 44.9 Å². The summed E-state index contributed by atoms with van der Waals surface area (Å²) in [6, 6.07) is 0.328. The molecule has 5 nitrogen and oxygen atoms in total. The number of morpholine rings is 1. The minimum Gasteiger partial charge on any atom is -0.379 e. The van der Waals surface area contributed by atoms with Crippen LogP contribution >= 0.6 is 24.8 Å². The molecular formula is C16H31Cl2N3O2. The van der Waals surface area contributed by atoms with Crippen LogP contribution in [0.4, 0.5) is 0 Å². The van der Waals surface area contributed by atoms with Crippen molar-refractivity contribution in [3.8, 4) is 0 Å². The molecule has 0 bridgehead atoms. The quantitative estimate of drug-likeness (QED) is 0.794. The molecule has 0 aromatic rings. The highest BCUT2D eigenvalue weighted by Gasteiger charge is 2.41. The summed E-state index contributed by atoms with van der Waals surface area (Å²) in [6.07, 6.45) is 7.81. The molecule has 2 N–H and O–H groups in total. The third-order valence-electron chi connectivity index (χ3n) is 5.37. The second-order valence-corrected chi connectivity index (χ2v) is 6.82. The standard InChI is InChI=1S/C16H29N3O2.2ClH/c20-15(18-14-4-3-7-17-13-14)12-16(5-1-2-6-16)19-8-10-21-11-9-19;;/h14,17H,1-13H2,(H,18,20);2*1H/t14-;;/m0../s1. The molecule has 23 heavy (non-hydrogen) atoms. The van der Waals surface area contributed by atoms with E-state index in [0.717, 1.165) is 45.8 Å². The third kappa shape index (κ3) is 5.46. The van der Waals surface area contributed by atoms with Gasteiger partial charge in [0.05, 0.1) is 13.2 Å². The summed E-state index contributed by atoms with van der Waals surface area (Å²) in [5, 5.41) is 6.62. The predicted molar refractivity (Wildman–Crippen MR) is 96.7 cm³/mol. The Balaban J connectivity index is 0.00000132. The lowest BCUT2D eigenvalue weighted by molar-refractivity contribution is -0.126. The first-order valence-corrected chi connectivity index (χ1v) is 8.61. The lowest BCUT2D eigenvalue weighted by Crippen LogP contribution is -2.55. The highest BCUT2D eigenvalue weighted by atomic mass is 35.5. The van der Waals surface area contributed by atoms with Crippen molar-refractivity contribution < 1.29 is 9.53 Å². The van der Waals surface area contributed by atoms with Gasteiger partial charge in [0, 0.05) is 37.6 Å². The minimum absolute atomic E-state index is 0. The second-order valence-electron chi connectivity index (χ2n) is 6.82. The molecule has 3 rings (SSSR count). The Morgan fingerprint density at radius 1 is 1.17 bits per heavy atom. The zero-order chi connectivity index (χ0) is 14.5. The highest BCUT2D eigenvalue weighted by molar-refractivity contribution is 5.85. The van der Waals surface area contributed by atoms with Crippen molar-refractivity contribution >= 4 is 30.7 Å². The minimum atomic E-state index is 0. The molecule has 0 aromatic heterocycles. The van der Waals surface area contributed by atoms with E-state index >= 15 is 0 Å². The van der Waals surface area contributed by atoms with Gasteiger partial charge in [-0.1, -0.05) is 12.8 Å². The van der Waals surface area contributed by atoms with Crippen LogP contribution in [0.25, 0.3) is 0 Å². The van der Waals surface area contributed by atoms with Gasteiger partial charge in [-0.3, -0.25) is 9.69 Å². The molecule has 3 aliphatic rings. The van der Waals surface area contributed by atoms with Crippen molar-refractivity contribution in [2.24, 2.45) is 0 Å². The molecule has 7 heteroatoms. The Labute approximate surface area is 152 Å². The van der Waals surface area contributed by atoms with Gasteiger partial charge in [0.2, 0.25) is 5.91 Å². The van der Waals surface area contributed by atoms with Crippen molar-refractivity contribution in [1.29, 1.82) is 0 Å². The van der Waals surface area contributed by atoms with Gasteiger partial charge in [-0.15, -0.1) is 24.8 Å². The summed E-state index contributed by atoms with van der Waals surface area (Å²) in [4.78, 5) is 15.0. The van der Waals surface area contributed by atoms with Gasteiger partial charge in [-0.25, -0.2) is 0 Å². The van der Waals surface area contributed by atoms with Gasteiger partial charge in [0.25, 0.3) is 0 Å². The van der Waals surface area contributed by atoms with Crippen molar-refractivity contribution in [3.05, 3.63) is 0 Å². The molecule has 2 aliphatic heterocycles. The lowest BCUT2D eigenvalue weighted by Gasteiger charge is -2.43. The number of hydrogen-bond donors (Lipinski definition) is 2. The van der Waals surface area contributed by atoms with Gasteiger partial charge < -0.3 is 15.4 Å². The van der Waals surface area contributed by atoms with E-state index in [1.54, 1.807) is 0 Å². The van der Waals surface area contributed by atoms with Crippen LogP contribution < -0.4 is 10.6 Å². The molecular weight excluding hydrogens is 337 g/mol. The van der Waals surface area contributed by atoms with Gasteiger partial charge in [-0.2, -0.15) is 0 Å². The molecule has 2 heterocycles. The van der Waals surface area contributed by atoms with E-state index in [1.165, 1.54) is 32.1 Å². The average molecular weight is 368 g/mol. The number of ether oxygens (including phenoxy) is 1. The van der Waals surface area contributed by atoms with Crippen LogP contribution in [0.5, 0.6) is 0 Å². The number of rotatable bonds is 4. The zero-order valence-corrected chi connectivity index (χ0v) is 15.5. The maximum Gasteiger partial charge on any atom is 0.222 e. The first-order valence-electron chi connectivity index (χ1n) is 8.61. The lowest BCUT2D eigenvalue weighted by atomic mass is 9.89. The maximum atomic E-state index is 12.5. The average Bonchev–Trinajstić information content (AvgIpc) is 2.99. The number of nitrogens with zero attached hydrogens (tertiary/aromatic N) is 1. The SMILES string of the molecule is Cl.Cl.O=C(CC1(N2CCOCC2)CCCC1)N[C@H]1CCCNC1. The van der Waals surface area contributed by atoms with Crippen molar-refractivity contribution in [3.63, 3.8) is 0 Å². The van der Waals surface area contributed by atoms with Crippen LogP contribution in [-0.2, 0) is 9.53 Å². The summed E-state index contributed by atoms with van der Waals surface area (Å²) >= 11 is 0. The molecule has 1 saturated carbocycles. The largest absolute Gasteiger partial charge is 0.379 e. The molecule has 1 atom stereocenters. The van der Waals surface area contributed by atoms with Gasteiger partial charge in [0.15, 0.2) is 0 Å². The van der Waals surface area contributed by atoms with E-state index < -0.39 is 0 Å². The summed E-state index contributed by atoms with van der Waals surface area (Å²) < 4.78 is 5.48. The summed E-state index contributed by atoms with van der Waals surface area (Å²) in [6.45, 7) is 5.61. The van der Waals surface area contributed by atoms with Gasteiger partial charge >= 0.3 is 0 Å². The summed E-state index contributed by atoms with van der Waals surface area (Å²) in [5.74, 6) is 0.247. The van der Waals surface area contributed by atoms with Crippen LogP contribution in [0, 0.1) is 0 Å². The first kappa shape index (κ1) is 21.0. The van der Waals surface area contributed by atoms with Crippen molar-refractivity contribution in [2.45, 2.75) is 56.5 Å². The molecule has 0 unspecified atom stereocenters. The Hall–Kier alpha value is -0.0700. The number of piperidine rings is 1. The number of carbonyl (C=O) groups excluding carboxylic acids is 1. The number of nitrogens with one attached hydrogen (secondary N) is 2. The van der Waals surface area contributed by atoms with Gasteiger partial charge in [-0.05, 0) is 32.2 Å². The highest BCUT2D eigenvalue weighted by Crippen LogP contribution is 2.38. The van der Waals surface area contributed by atoms with Crippen molar-refractivity contribution in [2.75, 3.05) is 39.4 Å². The normalized spacial score (nSPS) is 27.6. The smallest absolute Gasteiger partial charge is 0.222 e. The molecule has 0 spiro atoms. The molecule has 2 saturated heterocycles. The number of carbonyl (C=O) groups is 1. The summed E-state index contributed by atoms with van der Waals surface area (Å²) in [7, 11) is 0. The van der Waals surface area contributed by atoms with E-state index in [4.69, 9.17) is 4.74 Å². The molecule has 136 valence electrons. The van der Waals surface area contributed by atoms with Crippen LogP contribution in [0.15, 0.2) is 0 Å². The zero-order valence-electron chi connectivity index (χ0n) is 13.8. The van der Waals surface area contributed by atoms with Crippen molar-refractivity contribution in [1.82, 2.24) is 15.5 Å². The molecule has 1 amide bonds. The Morgan fingerprint density at radius 3 is 2.48 bits per heavy atom. The van der Waals surface area contributed by atoms with Crippen LogP contribution in [-0.4, -0.2) is 61.8 Å². The number of halogens is 2. The van der Waals surface area contributed by atoms with E-state index in [2.05, 4.69) is 15.5 Å². The third-order valence-corrected chi connectivity index (χ3v) is 5.37. The Morgan fingerprint density at radius 2 is 1.87 bits per heavy atom. The summed E-state index contributed by atoms with van der Waals surface area (Å²) in [5.41, 5.74) is 0.107. The molecule has 0 aromatic carbocycles. The van der Waals surface area contributed by atoms with Crippen LogP contribution in [0.3, 0.4) is 0 Å². The number of amides is 1. The predicted octanol–water partition coefficient (Wildman–Crippen LogP) is 1.73. The topological polar surface area (TPSA) is 53.6 Å². The maximum absolute atomic E-state index is 12.5. The van der Waals surface area contributed by atoms with Crippen LogP contribution in [0.2, 0.25) is 0 Å². The fraction of sp³-hybridized carbons (Fsp3) is 0.938. The van der Waals surface area contributed by atoms with E-state index in [9.17, 15) is 4.79 Å². The van der Waals surface area contributed by atoms with E-state index in [-0.39, 0.29) is 36.3 Å². The number of hydrogen-bond acceptors (Lipinski definition) is 4. The molecule has 3 fully saturated rings. The first-order chi connectivity index (χ1) is 10.3. The Kier molecular flexibility index (Phi) is 9.16. The van der Waals surface area contributed by atoms with E-state index in [0.29, 0.717) is 12.5 Å². The monoisotopic (exact) mass is 367 g/mol. The van der Waals surface area contributed by atoms with Gasteiger partial charge in [0.1, 0.15) is 0 Å². The molecule has 0 radical (unpaired) electrons. The fourth-order valence-electron chi connectivity index (χ4n) is 4.23. The fourth-order valence-corrected chi connectivity index (χ4v) is 4.23. The second kappa shape index (κ2) is 10.0. The Bertz CT molecular complexity index is 353.